The average molecular weight is 586 g/mol. The Balaban J connectivity index is 1.31. The molecule has 1 aromatic heterocycles. The number of nitrogens with zero attached hydrogens (tertiary/aromatic N) is 5. The summed E-state index contributed by atoms with van der Waals surface area (Å²) in [6.45, 7) is 0.378. The Hall–Kier alpha value is -3.96. The summed E-state index contributed by atoms with van der Waals surface area (Å²) in [5.74, 6) is -2.49. The van der Waals surface area contributed by atoms with E-state index in [-0.39, 0.29) is 36.9 Å². The van der Waals surface area contributed by atoms with Gasteiger partial charge in [0.05, 0.1) is 41.4 Å². The fourth-order valence-electron chi connectivity index (χ4n) is 6.93. The third-order valence-electron chi connectivity index (χ3n) is 8.79. The number of aliphatic hydroxyl groups excluding tert-OH is 1. The van der Waals surface area contributed by atoms with E-state index in [1.807, 2.05) is 78.9 Å². The molecule has 10 nitrogen and oxygen atoms in total. The van der Waals surface area contributed by atoms with Crippen molar-refractivity contribution >= 4 is 40.6 Å². The van der Waals surface area contributed by atoms with Gasteiger partial charge in [-0.3, -0.25) is 14.4 Å². The number of cyclic esters (lactones) is 1. The zero-order valence-corrected chi connectivity index (χ0v) is 23.7. The first-order chi connectivity index (χ1) is 20.5. The van der Waals surface area contributed by atoms with Crippen molar-refractivity contribution in [2.75, 3.05) is 19.8 Å². The average Bonchev–Trinajstić information content (AvgIpc) is 3.59. The van der Waals surface area contributed by atoms with Crippen LogP contribution in [0.3, 0.4) is 0 Å². The summed E-state index contributed by atoms with van der Waals surface area (Å²) >= 11 is 1.49. The summed E-state index contributed by atoms with van der Waals surface area (Å²) in [6.07, 6.45) is 8.85. The predicted octanol–water partition coefficient (Wildman–Crippen LogP) is 2.19. The fourth-order valence-corrected chi connectivity index (χ4v) is 8.92. The first kappa shape index (κ1) is 26.9. The first-order valence-corrected chi connectivity index (χ1v) is 15.1. The van der Waals surface area contributed by atoms with Crippen molar-refractivity contribution in [1.29, 1.82) is 0 Å². The molecule has 216 valence electrons. The molecule has 2 saturated heterocycles. The lowest BCUT2D eigenvalue weighted by Gasteiger charge is -2.38. The van der Waals surface area contributed by atoms with Crippen LogP contribution in [0, 0.1) is 11.8 Å². The number of carbonyl (C=O) groups is 3. The summed E-state index contributed by atoms with van der Waals surface area (Å²) < 4.78 is 6.26. The second-order valence-corrected chi connectivity index (χ2v) is 12.7. The standard InChI is InChI=1S/C31H31N5O5S/c37-18-21(17-20-9-2-1-3-10-20)36-27-29(39)34(19-35-23-12-5-4-11-22(23)32-33-35)15-8-14-31(27)26(28(36)38)25-24(42-31)13-6-7-16-41-30(25)40/h1-6,8-14,21,24-27,37H,7,15-19H2/t21-,24+,25-,26+,27?,31+/m1/s1. The molecule has 1 N–H and O–H groups in total. The molecular formula is C31H31N5O5S. The lowest BCUT2D eigenvalue weighted by Crippen LogP contribution is -2.57. The maximum atomic E-state index is 14.7. The van der Waals surface area contributed by atoms with E-state index >= 15 is 0 Å². The maximum Gasteiger partial charge on any atom is 0.311 e. The minimum Gasteiger partial charge on any atom is -0.465 e. The van der Waals surface area contributed by atoms with Crippen LogP contribution in [-0.4, -0.2) is 89.5 Å². The van der Waals surface area contributed by atoms with Gasteiger partial charge in [0, 0.05) is 11.8 Å². The van der Waals surface area contributed by atoms with E-state index in [9.17, 15) is 19.5 Å². The Kier molecular flexibility index (Phi) is 6.86. The highest BCUT2D eigenvalue weighted by Crippen LogP contribution is 2.61. The number of hydrogen-bond acceptors (Lipinski definition) is 8. The molecule has 4 aliphatic rings. The maximum absolute atomic E-state index is 14.7. The molecule has 5 heterocycles. The molecule has 4 aliphatic heterocycles. The Morgan fingerprint density at radius 1 is 1.05 bits per heavy atom. The lowest BCUT2D eigenvalue weighted by molar-refractivity contribution is -0.153. The van der Waals surface area contributed by atoms with Crippen LogP contribution in [-0.2, 0) is 32.2 Å². The SMILES string of the molecule is O=C1OCCC=C[C@@H]2S[C@]34C=CCN(Cn5nnc6ccccc65)C(=O)C3N([C@@H](CO)Cc3ccccc3)C(=O)[C@@H]4[C@H]12. The van der Waals surface area contributed by atoms with Crippen LogP contribution < -0.4 is 0 Å². The van der Waals surface area contributed by atoms with Crippen LogP contribution in [0.5, 0.6) is 0 Å². The second-order valence-electron chi connectivity index (χ2n) is 11.2. The Morgan fingerprint density at radius 3 is 2.69 bits per heavy atom. The molecule has 3 aromatic rings. The Bertz CT molecular complexity index is 1590. The normalized spacial score (nSPS) is 29.5. The Morgan fingerprint density at radius 2 is 1.86 bits per heavy atom. The number of fused-ring (bicyclic) bond motifs is 3. The number of para-hydroxylation sites is 1. The number of benzene rings is 2. The summed E-state index contributed by atoms with van der Waals surface area (Å²) in [6, 6.07) is 15.6. The van der Waals surface area contributed by atoms with Crippen molar-refractivity contribution in [3.8, 4) is 0 Å². The number of aliphatic hydroxyl groups is 1. The zero-order chi connectivity index (χ0) is 28.8. The number of likely N-dealkylation sites (tertiary alicyclic amines) is 1. The number of hydrogen-bond donors (Lipinski definition) is 1. The molecule has 1 spiro atoms. The molecule has 2 aromatic carbocycles. The van der Waals surface area contributed by atoms with Gasteiger partial charge in [0.2, 0.25) is 11.8 Å². The topological polar surface area (TPSA) is 118 Å². The first-order valence-electron chi connectivity index (χ1n) is 14.2. The molecule has 7 rings (SSSR count). The highest BCUT2D eigenvalue weighted by molar-refractivity contribution is 8.02. The molecule has 0 bridgehead atoms. The van der Waals surface area contributed by atoms with Gasteiger partial charge in [-0.2, -0.15) is 0 Å². The Labute approximate surface area is 247 Å². The van der Waals surface area contributed by atoms with Crippen molar-refractivity contribution in [1.82, 2.24) is 24.8 Å². The third kappa shape index (κ3) is 4.25. The largest absolute Gasteiger partial charge is 0.465 e. The van der Waals surface area contributed by atoms with Crippen molar-refractivity contribution < 1.29 is 24.2 Å². The van der Waals surface area contributed by atoms with E-state index in [2.05, 4.69) is 10.3 Å². The molecule has 2 amide bonds. The van der Waals surface area contributed by atoms with Gasteiger partial charge in [0.1, 0.15) is 18.2 Å². The van der Waals surface area contributed by atoms with Crippen LogP contribution in [0.2, 0.25) is 0 Å². The highest BCUT2D eigenvalue weighted by Gasteiger charge is 2.71. The van der Waals surface area contributed by atoms with Crippen molar-refractivity contribution in [2.24, 2.45) is 11.8 Å². The second kappa shape index (κ2) is 10.7. The molecular weight excluding hydrogens is 554 g/mol. The predicted molar refractivity (Wildman–Crippen MR) is 156 cm³/mol. The van der Waals surface area contributed by atoms with Crippen molar-refractivity contribution in [3.05, 3.63) is 84.5 Å². The summed E-state index contributed by atoms with van der Waals surface area (Å²) in [5, 5.41) is 18.9. The van der Waals surface area contributed by atoms with E-state index < -0.39 is 34.6 Å². The van der Waals surface area contributed by atoms with Crippen LogP contribution in [0.1, 0.15) is 12.0 Å². The van der Waals surface area contributed by atoms with Gasteiger partial charge in [-0.05, 0) is 30.5 Å². The fraction of sp³-hybridized carbons (Fsp3) is 0.387. The van der Waals surface area contributed by atoms with Crippen LogP contribution in [0.4, 0.5) is 0 Å². The number of amides is 2. The van der Waals surface area contributed by atoms with Gasteiger partial charge < -0.3 is 19.6 Å². The molecule has 2 fully saturated rings. The lowest BCUT2D eigenvalue weighted by atomic mass is 9.78. The van der Waals surface area contributed by atoms with E-state index in [0.29, 0.717) is 19.4 Å². The van der Waals surface area contributed by atoms with Gasteiger partial charge in [-0.1, -0.05) is 72.0 Å². The molecule has 0 saturated carbocycles. The monoisotopic (exact) mass is 585 g/mol. The van der Waals surface area contributed by atoms with E-state index in [4.69, 9.17) is 4.74 Å². The molecule has 0 radical (unpaired) electrons. The minimum atomic E-state index is -1.000. The molecule has 6 atom stereocenters. The molecule has 11 heteroatoms. The molecule has 0 aliphatic carbocycles. The summed E-state index contributed by atoms with van der Waals surface area (Å²) in [5.41, 5.74) is 2.46. The van der Waals surface area contributed by atoms with Crippen molar-refractivity contribution in [2.45, 2.75) is 41.6 Å². The van der Waals surface area contributed by atoms with Crippen LogP contribution >= 0.6 is 11.8 Å². The van der Waals surface area contributed by atoms with Gasteiger partial charge in [0.15, 0.2) is 0 Å². The smallest absolute Gasteiger partial charge is 0.311 e. The summed E-state index contributed by atoms with van der Waals surface area (Å²) in [7, 11) is 0. The van der Waals surface area contributed by atoms with E-state index in [1.165, 1.54) is 11.8 Å². The molecule has 42 heavy (non-hydrogen) atoms. The zero-order valence-electron chi connectivity index (χ0n) is 22.9. The van der Waals surface area contributed by atoms with Crippen molar-refractivity contribution in [3.63, 3.8) is 0 Å². The number of ether oxygens (including phenoxy) is 1. The number of thioether (sulfide) groups is 1. The number of aromatic nitrogens is 3. The van der Waals surface area contributed by atoms with Crippen LogP contribution in [0.25, 0.3) is 11.0 Å². The number of esters is 1. The summed E-state index contributed by atoms with van der Waals surface area (Å²) in [4.78, 5) is 45.8. The number of carbonyl (C=O) groups excluding carboxylic acids is 3. The highest BCUT2D eigenvalue weighted by atomic mass is 32.2. The van der Waals surface area contributed by atoms with E-state index in [1.54, 1.807) is 14.5 Å². The van der Waals surface area contributed by atoms with E-state index in [0.717, 1.165) is 16.6 Å². The quantitative estimate of drug-likeness (QED) is 0.346. The van der Waals surface area contributed by atoms with Gasteiger partial charge in [0.25, 0.3) is 0 Å². The van der Waals surface area contributed by atoms with Gasteiger partial charge in [-0.25, -0.2) is 4.68 Å². The number of rotatable bonds is 6. The van der Waals surface area contributed by atoms with Gasteiger partial charge >= 0.3 is 5.97 Å². The molecule has 1 unspecified atom stereocenters. The van der Waals surface area contributed by atoms with Gasteiger partial charge in [-0.15, -0.1) is 16.9 Å². The minimum absolute atomic E-state index is 0.144. The third-order valence-corrected chi connectivity index (χ3v) is 10.5. The van der Waals surface area contributed by atoms with Crippen LogP contribution in [0.15, 0.2) is 78.9 Å².